The maximum atomic E-state index is 13.3. The Morgan fingerprint density at radius 2 is 2.00 bits per heavy atom. The molecule has 4 nitrogen and oxygen atoms in total. The molecule has 1 aromatic carbocycles. The minimum atomic E-state index is -1.52. The van der Waals surface area contributed by atoms with Crippen molar-refractivity contribution >= 4 is 5.97 Å². The van der Waals surface area contributed by atoms with Crippen molar-refractivity contribution in [2.75, 3.05) is 27.2 Å². The van der Waals surface area contributed by atoms with Gasteiger partial charge in [-0.1, -0.05) is 50.5 Å². The van der Waals surface area contributed by atoms with Gasteiger partial charge in [-0.2, -0.15) is 0 Å². The Hall–Kier alpha value is -1.39. The number of likely N-dealkylation sites (tertiary alicyclic amines) is 1. The first kappa shape index (κ1) is 20.3. The summed E-state index contributed by atoms with van der Waals surface area (Å²) in [6.45, 7) is 4.01. The van der Waals surface area contributed by atoms with Crippen molar-refractivity contribution in [2.45, 2.75) is 70.0 Å². The third-order valence-corrected chi connectivity index (χ3v) is 6.47. The van der Waals surface area contributed by atoms with Crippen LogP contribution in [-0.4, -0.2) is 48.8 Å². The van der Waals surface area contributed by atoms with E-state index in [4.69, 9.17) is 4.74 Å². The van der Waals surface area contributed by atoms with Crippen LogP contribution in [0.2, 0.25) is 0 Å². The first-order chi connectivity index (χ1) is 12.8. The van der Waals surface area contributed by atoms with Crippen molar-refractivity contribution in [1.29, 1.82) is 0 Å². The third kappa shape index (κ3) is 4.55. The molecule has 4 heteroatoms. The highest BCUT2D eigenvalue weighted by Gasteiger charge is 2.49. The molecule has 2 fully saturated rings. The third-order valence-electron chi connectivity index (χ3n) is 6.47. The lowest BCUT2D eigenvalue weighted by atomic mass is 9.79. The van der Waals surface area contributed by atoms with E-state index >= 15 is 0 Å². The zero-order valence-corrected chi connectivity index (χ0v) is 17.2. The highest BCUT2D eigenvalue weighted by atomic mass is 16.6. The van der Waals surface area contributed by atoms with E-state index in [1.807, 2.05) is 18.2 Å². The molecule has 2 unspecified atom stereocenters. The number of aliphatic hydroxyl groups is 1. The second-order valence-electron chi connectivity index (χ2n) is 9.21. The lowest BCUT2D eigenvalue weighted by Gasteiger charge is -2.33. The molecule has 27 heavy (non-hydrogen) atoms. The van der Waals surface area contributed by atoms with Gasteiger partial charge in [0.15, 0.2) is 11.7 Å². The van der Waals surface area contributed by atoms with E-state index in [0.717, 1.165) is 74.5 Å². The maximum absolute atomic E-state index is 13.3. The molecular formula is C23H36NO3+. The summed E-state index contributed by atoms with van der Waals surface area (Å²) in [4.78, 5) is 13.3. The summed E-state index contributed by atoms with van der Waals surface area (Å²) in [7, 11) is 4.32. The lowest BCUT2D eigenvalue weighted by molar-refractivity contribution is -0.879. The zero-order valence-electron chi connectivity index (χ0n) is 17.2. The first-order valence-electron chi connectivity index (χ1n) is 10.7. The van der Waals surface area contributed by atoms with Crippen LogP contribution in [0.3, 0.4) is 0 Å². The van der Waals surface area contributed by atoms with Gasteiger partial charge in [0.1, 0.15) is 6.54 Å². The predicted octanol–water partition coefficient (Wildman–Crippen LogP) is 3.80. The van der Waals surface area contributed by atoms with Crippen LogP contribution in [0.5, 0.6) is 0 Å². The van der Waals surface area contributed by atoms with Crippen LogP contribution in [0.25, 0.3) is 0 Å². The number of aryl methyl sites for hydroxylation is 1. The molecule has 1 aliphatic carbocycles. The average molecular weight is 375 g/mol. The van der Waals surface area contributed by atoms with E-state index in [0.29, 0.717) is 0 Å². The number of likely N-dealkylation sites (N-methyl/N-ethyl adjacent to an activating group) is 1. The quantitative estimate of drug-likeness (QED) is 0.583. The van der Waals surface area contributed by atoms with Crippen molar-refractivity contribution < 1.29 is 19.1 Å². The fraction of sp³-hybridized carbons (Fsp3) is 0.696. The minimum Gasteiger partial charge on any atom is -0.454 e. The number of rotatable bonds is 7. The van der Waals surface area contributed by atoms with Crippen molar-refractivity contribution in [3.8, 4) is 0 Å². The van der Waals surface area contributed by atoms with Gasteiger partial charge < -0.3 is 14.3 Å². The molecular weight excluding hydrogens is 338 g/mol. The molecule has 1 heterocycles. The summed E-state index contributed by atoms with van der Waals surface area (Å²) >= 11 is 0. The molecule has 150 valence electrons. The van der Waals surface area contributed by atoms with Gasteiger partial charge in [-0.15, -0.1) is 0 Å². The molecule has 1 saturated heterocycles. The van der Waals surface area contributed by atoms with E-state index in [1.165, 1.54) is 5.56 Å². The molecule has 1 saturated carbocycles. The van der Waals surface area contributed by atoms with Crippen LogP contribution in [0.15, 0.2) is 24.3 Å². The van der Waals surface area contributed by atoms with Crippen LogP contribution >= 0.6 is 0 Å². The summed E-state index contributed by atoms with van der Waals surface area (Å²) in [6.07, 6.45) is 7.92. The molecule has 1 aromatic rings. The number of ether oxygens (including phenoxy) is 1. The normalized spacial score (nSPS) is 24.7. The number of nitrogens with zero attached hydrogens (tertiary/aromatic N) is 1. The van der Waals surface area contributed by atoms with Gasteiger partial charge in [0.2, 0.25) is 0 Å². The minimum absolute atomic E-state index is 0.0460. The molecule has 0 spiro atoms. The summed E-state index contributed by atoms with van der Waals surface area (Å²) in [5.74, 6) is -0.482. The first-order valence-corrected chi connectivity index (χ1v) is 10.7. The highest BCUT2D eigenvalue weighted by molar-refractivity contribution is 5.82. The number of carbonyl (C=O) groups is 1. The Morgan fingerprint density at radius 3 is 2.63 bits per heavy atom. The number of carbonyl (C=O) groups excluding carboxylic acids is 1. The highest BCUT2D eigenvalue weighted by Crippen LogP contribution is 2.42. The molecule has 0 amide bonds. The van der Waals surface area contributed by atoms with Crippen molar-refractivity contribution in [3.63, 3.8) is 0 Å². The van der Waals surface area contributed by atoms with E-state index in [1.54, 1.807) is 0 Å². The number of esters is 1. The van der Waals surface area contributed by atoms with Crippen LogP contribution in [-0.2, 0) is 21.6 Å². The zero-order chi connectivity index (χ0) is 19.5. The van der Waals surface area contributed by atoms with Crippen molar-refractivity contribution in [2.24, 2.45) is 5.92 Å². The Labute approximate surface area is 164 Å². The maximum Gasteiger partial charge on any atom is 0.343 e. The average Bonchev–Trinajstić information content (AvgIpc) is 3.29. The van der Waals surface area contributed by atoms with Crippen LogP contribution in [0, 0.1) is 5.92 Å². The van der Waals surface area contributed by atoms with Gasteiger partial charge in [0.25, 0.3) is 0 Å². The molecule has 1 N–H and O–H groups in total. The van der Waals surface area contributed by atoms with E-state index in [9.17, 15) is 9.90 Å². The Morgan fingerprint density at radius 1 is 1.26 bits per heavy atom. The molecule has 3 rings (SSSR count). The summed E-state index contributed by atoms with van der Waals surface area (Å²) in [6, 6.07) is 8.01. The number of hydrogen-bond donors (Lipinski definition) is 1. The fourth-order valence-electron chi connectivity index (χ4n) is 4.77. The van der Waals surface area contributed by atoms with E-state index < -0.39 is 11.6 Å². The Balaban J connectivity index is 1.84. The molecule has 0 radical (unpaired) electrons. The second-order valence-corrected chi connectivity index (χ2v) is 9.21. The second kappa shape index (κ2) is 8.32. The van der Waals surface area contributed by atoms with E-state index in [-0.39, 0.29) is 12.0 Å². The Bertz CT molecular complexity index is 651. The topological polar surface area (TPSA) is 46.5 Å². The van der Waals surface area contributed by atoms with Crippen LogP contribution in [0.1, 0.15) is 63.0 Å². The number of unbranched alkanes of at least 4 members (excludes halogenated alkanes) is 1. The fourth-order valence-corrected chi connectivity index (χ4v) is 4.77. The molecule has 1 aliphatic heterocycles. The summed E-state index contributed by atoms with van der Waals surface area (Å²) in [5, 5.41) is 11.7. The van der Waals surface area contributed by atoms with Crippen molar-refractivity contribution in [3.05, 3.63) is 35.4 Å². The molecule has 0 bridgehead atoms. The van der Waals surface area contributed by atoms with Gasteiger partial charge in [-0.25, -0.2) is 4.79 Å². The SMILES string of the molecule is CCCCc1cccc(C(O)(C(=O)OC2CC[N+](C)(C)C2)C2CCCC2)c1. The number of quaternary nitrogens is 1. The van der Waals surface area contributed by atoms with Crippen molar-refractivity contribution in [1.82, 2.24) is 0 Å². The molecule has 2 aliphatic rings. The Kier molecular flexibility index (Phi) is 6.27. The standard InChI is InChI=1S/C23H36NO3/c1-4-5-9-18-10-8-13-20(16-18)23(26,19-11-6-7-12-19)22(25)27-21-14-15-24(2,3)17-21/h8,10,13,16,19,21,26H,4-7,9,11-12,14-15,17H2,1-3H3/q+1. The largest absolute Gasteiger partial charge is 0.454 e. The van der Waals surface area contributed by atoms with Crippen LogP contribution in [0.4, 0.5) is 0 Å². The van der Waals surface area contributed by atoms with Gasteiger partial charge in [-0.05, 0) is 36.8 Å². The lowest BCUT2D eigenvalue weighted by Crippen LogP contribution is -2.46. The summed E-state index contributed by atoms with van der Waals surface area (Å²) in [5.41, 5.74) is 0.398. The monoisotopic (exact) mass is 374 g/mol. The molecule has 0 aromatic heterocycles. The van der Waals surface area contributed by atoms with Gasteiger partial charge in [0, 0.05) is 12.3 Å². The summed E-state index contributed by atoms with van der Waals surface area (Å²) < 4.78 is 6.76. The molecule has 2 atom stereocenters. The van der Waals surface area contributed by atoms with Gasteiger partial charge in [0.05, 0.1) is 20.6 Å². The van der Waals surface area contributed by atoms with Crippen LogP contribution < -0.4 is 0 Å². The number of hydrogen-bond acceptors (Lipinski definition) is 3. The van der Waals surface area contributed by atoms with E-state index in [2.05, 4.69) is 27.1 Å². The number of benzene rings is 1. The van der Waals surface area contributed by atoms with Gasteiger partial charge in [-0.3, -0.25) is 0 Å². The predicted molar refractivity (Wildman–Crippen MR) is 107 cm³/mol. The van der Waals surface area contributed by atoms with Gasteiger partial charge >= 0.3 is 5.97 Å². The smallest absolute Gasteiger partial charge is 0.343 e.